The fourth-order valence-corrected chi connectivity index (χ4v) is 3.52. The van der Waals surface area contributed by atoms with E-state index in [4.69, 9.17) is 0 Å². The van der Waals surface area contributed by atoms with Crippen LogP contribution in [0.25, 0.3) is 0 Å². The minimum Gasteiger partial charge on any atom is -0.269 e. The first-order chi connectivity index (χ1) is 9.92. The molecule has 0 nitrogen and oxygen atoms in total. The Bertz CT molecular complexity index is 504. The maximum Gasteiger partial charge on any atom is 2.00 e. The molecule has 0 N–H and O–H groups in total. The number of halogens is 2. The summed E-state index contributed by atoms with van der Waals surface area (Å²) in [6, 6.07) is 0. The van der Waals surface area contributed by atoms with Gasteiger partial charge in [-0.25, -0.2) is 17.2 Å². The zero-order valence-corrected chi connectivity index (χ0v) is 19.9. The molecular formula is C21H32Cl2Zr. The van der Waals surface area contributed by atoms with Gasteiger partial charge in [-0.3, -0.25) is 12.2 Å². The molecule has 3 aliphatic rings. The van der Waals surface area contributed by atoms with Crippen molar-refractivity contribution in [3.8, 4) is 0 Å². The molecule has 3 heteroatoms. The third-order valence-electron chi connectivity index (χ3n) is 5.33. The Morgan fingerprint density at radius 3 is 1.92 bits per heavy atom. The third kappa shape index (κ3) is 6.97. The van der Waals surface area contributed by atoms with Gasteiger partial charge in [-0.15, -0.1) is 38.2 Å². The zero-order chi connectivity index (χ0) is 15.5. The zero-order valence-electron chi connectivity index (χ0n) is 15.8. The second kappa shape index (κ2) is 11.9. The van der Waals surface area contributed by atoms with Gasteiger partial charge in [0, 0.05) is 0 Å². The molecule has 0 aromatic carbocycles. The van der Waals surface area contributed by atoms with Gasteiger partial charge in [0.25, 0.3) is 0 Å². The summed E-state index contributed by atoms with van der Waals surface area (Å²) in [7, 11) is 0. The van der Waals surface area contributed by atoms with Crippen molar-refractivity contribution in [2.75, 3.05) is 0 Å². The Labute approximate surface area is 181 Å². The second-order valence-corrected chi connectivity index (χ2v) is 7.20. The van der Waals surface area contributed by atoms with Crippen LogP contribution in [-0.2, 0) is 26.2 Å². The molecule has 24 heavy (non-hydrogen) atoms. The number of rotatable bonds is 1. The van der Waals surface area contributed by atoms with Crippen molar-refractivity contribution in [1.29, 1.82) is 0 Å². The Morgan fingerprint density at radius 2 is 1.58 bits per heavy atom. The molecule has 0 amide bonds. The van der Waals surface area contributed by atoms with Crippen LogP contribution in [0.5, 0.6) is 0 Å². The van der Waals surface area contributed by atoms with Gasteiger partial charge in [0.1, 0.15) is 0 Å². The van der Waals surface area contributed by atoms with E-state index < -0.39 is 0 Å². The van der Waals surface area contributed by atoms with Crippen LogP contribution in [0.4, 0.5) is 0 Å². The fraction of sp³-hybridized carbons (Fsp3) is 0.619. The van der Waals surface area contributed by atoms with Gasteiger partial charge in [0.2, 0.25) is 0 Å². The first-order valence-electron chi connectivity index (χ1n) is 8.49. The summed E-state index contributed by atoms with van der Waals surface area (Å²) in [5, 5.41) is 0. The van der Waals surface area contributed by atoms with Crippen LogP contribution in [0.3, 0.4) is 0 Å². The number of hydrogen-bond donors (Lipinski definition) is 0. The van der Waals surface area contributed by atoms with E-state index >= 15 is 0 Å². The molecule has 134 valence electrons. The van der Waals surface area contributed by atoms with Gasteiger partial charge in [0.15, 0.2) is 0 Å². The van der Waals surface area contributed by atoms with E-state index in [1.54, 1.807) is 0 Å². The normalized spacial score (nSPS) is 21.5. The molecule has 3 rings (SSSR count). The van der Waals surface area contributed by atoms with Crippen LogP contribution in [0, 0.1) is 23.5 Å². The maximum atomic E-state index is 3.44. The van der Waals surface area contributed by atoms with Gasteiger partial charge in [-0.05, 0) is 18.8 Å². The van der Waals surface area contributed by atoms with E-state index in [1.165, 1.54) is 54.4 Å². The van der Waals surface area contributed by atoms with Gasteiger partial charge >= 0.3 is 26.2 Å². The van der Waals surface area contributed by atoms with Crippen molar-refractivity contribution in [2.24, 2.45) is 11.3 Å². The van der Waals surface area contributed by atoms with Crippen LogP contribution in [0.2, 0.25) is 0 Å². The van der Waals surface area contributed by atoms with E-state index in [0.29, 0.717) is 0 Å². The molecule has 0 aromatic heterocycles. The van der Waals surface area contributed by atoms with Crippen LogP contribution in [0.15, 0.2) is 34.4 Å². The minimum absolute atomic E-state index is 0. The van der Waals surface area contributed by atoms with Crippen molar-refractivity contribution >= 4 is 24.8 Å². The van der Waals surface area contributed by atoms with Gasteiger partial charge < -0.3 is 0 Å². The standard InChI is InChI=1S/C11H15.C10H15.2ClH.Zr/c1-2-6-10(7-3-1)11-8-4-5-9-11;1-7-6-10(4,5)9(3)8(7)2;;;/h4,8,10H,1-3,5-7H2;1-5H3;2*1H;/q2*-1;;;+2. The molecule has 3 aliphatic carbocycles. The van der Waals surface area contributed by atoms with E-state index in [1.807, 2.05) is 0 Å². The van der Waals surface area contributed by atoms with Crippen LogP contribution in [0.1, 0.15) is 73.1 Å². The first kappa shape index (κ1) is 26.7. The molecule has 0 radical (unpaired) electrons. The Kier molecular flexibility index (Phi) is 13.2. The summed E-state index contributed by atoms with van der Waals surface area (Å²) >= 11 is 0. The van der Waals surface area contributed by atoms with Crippen LogP contribution < -0.4 is 0 Å². The van der Waals surface area contributed by atoms with Crippen LogP contribution >= 0.6 is 24.8 Å². The second-order valence-electron chi connectivity index (χ2n) is 7.20. The van der Waals surface area contributed by atoms with Gasteiger partial charge in [-0.2, -0.15) is 17.2 Å². The SMILES string of the molecule is CC1=[C-]C(C)(C)C(C)=C1C.Cl.Cl.[C-]1=C(C2CCCCC2)C=CC1.[Zr+2]. The van der Waals surface area contributed by atoms with E-state index in [2.05, 4.69) is 58.9 Å². The number of hydrogen-bond acceptors (Lipinski definition) is 0. The fourth-order valence-electron chi connectivity index (χ4n) is 3.52. The van der Waals surface area contributed by atoms with Crippen molar-refractivity contribution < 1.29 is 26.2 Å². The third-order valence-corrected chi connectivity index (χ3v) is 5.33. The Morgan fingerprint density at radius 1 is 1.00 bits per heavy atom. The summed E-state index contributed by atoms with van der Waals surface area (Å²) in [6.07, 6.45) is 19.6. The average molecular weight is 447 g/mol. The summed E-state index contributed by atoms with van der Waals surface area (Å²) in [5.74, 6) is 0.863. The predicted octanol–water partition coefficient (Wildman–Crippen LogP) is 7.21. The molecular weight excluding hydrogens is 414 g/mol. The summed E-state index contributed by atoms with van der Waals surface area (Å²) < 4.78 is 0. The van der Waals surface area contributed by atoms with Crippen LogP contribution in [-0.4, -0.2) is 0 Å². The van der Waals surface area contributed by atoms with Crippen molar-refractivity contribution in [3.63, 3.8) is 0 Å². The Hall–Kier alpha value is 0.423. The average Bonchev–Trinajstić information content (AvgIpc) is 3.06. The van der Waals surface area contributed by atoms with Crippen molar-refractivity contribution in [3.05, 3.63) is 46.6 Å². The quantitative estimate of drug-likeness (QED) is 0.373. The van der Waals surface area contributed by atoms with E-state index in [9.17, 15) is 0 Å². The van der Waals surface area contributed by atoms with E-state index in [-0.39, 0.29) is 56.4 Å². The van der Waals surface area contributed by atoms with Crippen molar-refractivity contribution in [2.45, 2.75) is 73.1 Å². The smallest absolute Gasteiger partial charge is 0.269 e. The molecule has 0 bridgehead atoms. The first-order valence-corrected chi connectivity index (χ1v) is 8.49. The molecule has 0 heterocycles. The largest absolute Gasteiger partial charge is 2.00 e. The monoisotopic (exact) mass is 444 g/mol. The topological polar surface area (TPSA) is 0 Å². The predicted molar refractivity (Wildman–Crippen MR) is 106 cm³/mol. The summed E-state index contributed by atoms with van der Waals surface area (Å²) in [4.78, 5) is 0. The molecule has 0 aliphatic heterocycles. The Balaban J connectivity index is 0. The summed E-state index contributed by atoms with van der Waals surface area (Å²) in [5.41, 5.74) is 5.90. The maximum absolute atomic E-state index is 3.44. The molecule has 1 fully saturated rings. The molecule has 0 saturated heterocycles. The minimum atomic E-state index is 0. The molecule has 0 spiro atoms. The summed E-state index contributed by atoms with van der Waals surface area (Å²) in [6.45, 7) is 10.9. The molecule has 0 atom stereocenters. The number of allylic oxidation sites excluding steroid dienone is 8. The molecule has 0 aromatic rings. The van der Waals surface area contributed by atoms with E-state index in [0.717, 1.165) is 12.3 Å². The van der Waals surface area contributed by atoms with Gasteiger partial charge in [-0.1, -0.05) is 52.4 Å². The van der Waals surface area contributed by atoms with Gasteiger partial charge in [0.05, 0.1) is 0 Å². The molecule has 1 saturated carbocycles. The van der Waals surface area contributed by atoms with Crippen molar-refractivity contribution in [1.82, 2.24) is 0 Å². The molecule has 0 unspecified atom stereocenters.